The molecule has 1 nitrogen and oxygen atoms in total. The van der Waals surface area contributed by atoms with Gasteiger partial charge in [-0.3, -0.25) is 0 Å². The molecule has 0 radical (unpaired) electrons. The normalized spacial score (nSPS) is 11.3. The second-order valence-corrected chi connectivity index (χ2v) is 7.77. The summed E-state index contributed by atoms with van der Waals surface area (Å²) in [5.74, 6) is 0.906. The van der Waals surface area contributed by atoms with Gasteiger partial charge in [-0.1, -0.05) is 60.3 Å². The van der Waals surface area contributed by atoms with Crippen molar-refractivity contribution in [1.82, 2.24) is 0 Å². The lowest BCUT2D eigenvalue weighted by molar-refractivity contribution is 0.131. The molecule has 3 rings (SSSR count). The Balaban J connectivity index is 1.82. The highest BCUT2D eigenvalue weighted by Crippen LogP contribution is 2.36. The minimum Gasteiger partial charge on any atom is -0.488 e. The van der Waals surface area contributed by atoms with Gasteiger partial charge in [0.15, 0.2) is 0 Å². The maximum atomic E-state index is 5.89. The quantitative estimate of drug-likeness (QED) is 0.526. The van der Waals surface area contributed by atoms with Crippen LogP contribution in [0.25, 0.3) is 11.1 Å². The summed E-state index contributed by atoms with van der Waals surface area (Å²) in [5.41, 5.74) is 2.33. The number of ether oxygens (including phenoxy) is 1. The highest BCUT2D eigenvalue weighted by molar-refractivity contribution is 7.99. The van der Waals surface area contributed by atoms with E-state index in [1.165, 1.54) is 20.9 Å². The molecule has 3 aromatic rings. The summed E-state index contributed by atoms with van der Waals surface area (Å²) in [7, 11) is 0. The summed E-state index contributed by atoms with van der Waals surface area (Å²) in [6, 6.07) is 27.4. The Hall–Kier alpha value is -2.19. The Bertz CT molecular complexity index is 786. The molecule has 24 heavy (non-hydrogen) atoms. The van der Waals surface area contributed by atoms with E-state index in [2.05, 4.69) is 81.4 Å². The molecule has 0 bridgehead atoms. The molecule has 0 atom stereocenters. The maximum absolute atomic E-state index is 5.89. The van der Waals surface area contributed by atoms with Gasteiger partial charge in [0.1, 0.15) is 11.4 Å². The first-order valence-corrected chi connectivity index (χ1v) is 8.94. The van der Waals surface area contributed by atoms with Gasteiger partial charge in [0.25, 0.3) is 0 Å². The van der Waals surface area contributed by atoms with Gasteiger partial charge in [0, 0.05) is 9.79 Å². The van der Waals surface area contributed by atoms with Gasteiger partial charge >= 0.3 is 0 Å². The van der Waals surface area contributed by atoms with Crippen molar-refractivity contribution in [1.29, 1.82) is 0 Å². The molecule has 0 unspecified atom stereocenters. The van der Waals surface area contributed by atoms with E-state index in [0.717, 1.165) is 5.75 Å². The van der Waals surface area contributed by atoms with Crippen LogP contribution in [0.15, 0.2) is 88.7 Å². The SMILES string of the molecule is CC(C)(C)Oc1ccc(Sc2ccccc2-c2ccccc2)cc1. The molecular formula is C22H22OS. The molecule has 0 aromatic heterocycles. The van der Waals surface area contributed by atoms with Crippen LogP contribution in [0.5, 0.6) is 5.75 Å². The zero-order chi connectivity index (χ0) is 17.0. The fourth-order valence-electron chi connectivity index (χ4n) is 2.47. The van der Waals surface area contributed by atoms with E-state index in [1.807, 2.05) is 18.2 Å². The third-order valence-corrected chi connectivity index (χ3v) is 4.53. The van der Waals surface area contributed by atoms with Crippen molar-refractivity contribution in [2.75, 3.05) is 0 Å². The van der Waals surface area contributed by atoms with Crippen LogP contribution in [-0.4, -0.2) is 5.60 Å². The smallest absolute Gasteiger partial charge is 0.120 e. The molecule has 0 saturated carbocycles. The van der Waals surface area contributed by atoms with Gasteiger partial charge in [-0.25, -0.2) is 0 Å². The van der Waals surface area contributed by atoms with E-state index >= 15 is 0 Å². The summed E-state index contributed by atoms with van der Waals surface area (Å²) in [5, 5.41) is 0. The van der Waals surface area contributed by atoms with Gasteiger partial charge in [-0.05, 0) is 62.2 Å². The molecule has 0 amide bonds. The summed E-state index contributed by atoms with van der Waals surface area (Å²) in [6.45, 7) is 6.18. The van der Waals surface area contributed by atoms with Gasteiger partial charge in [0.2, 0.25) is 0 Å². The van der Waals surface area contributed by atoms with Crippen LogP contribution in [0, 0.1) is 0 Å². The number of benzene rings is 3. The van der Waals surface area contributed by atoms with Crippen molar-refractivity contribution in [2.24, 2.45) is 0 Å². The van der Waals surface area contributed by atoms with Gasteiger partial charge < -0.3 is 4.74 Å². The topological polar surface area (TPSA) is 9.23 Å². The Morgan fingerprint density at radius 1 is 0.708 bits per heavy atom. The van der Waals surface area contributed by atoms with Crippen molar-refractivity contribution in [3.8, 4) is 16.9 Å². The van der Waals surface area contributed by atoms with Crippen LogP contribution in [-0.2, 0) is 0 Å². The van der Waals surface area contributed by atoms with Crippen LogP contribution < -0.4 is 4.74 Å². The molecule has 0 aliphatic carbocycles. The van der Waals surface area contributed by atoms with Gasteiger partial charge in [0.05, 0.1) is 0 Å². The third kappa shape index (κ3) is 4.42. The Morgan fingerprint density at radius 3 is 2.00 bits per heavy atom. The van der Waals surface area contributed by atoms with Crippen molar-refractivity contribution in [2.45, 2.75) is 36.2 Å². The molecule has 0 aliphatic rings. The number of rotatable bonds is 4. The van der Waals surface area contributed by atoms with Crippen molar-refractivity contribution < 1.29 is 4.74 Å². The Kier molecular flexibility index (Phi) is 4.96. The number of hydrogen-bond donors (Lipinski definition) is 0. The Morgan fingerprint density at radius 2 is 1.33 bits per heavy atom. The first-order valence-electron chi connectivity index (χ1n) is 8.13. The predicted molar refractivity (Wildman–Crippen MR) is 103 cm³/mol. The molecule has 0 N–H and O–H groups in total. The van der Waals surface area contributed by atoms with Gasteiger partial charge in [-0.15, -0.1) is 0 Å². The van der Waals surface area contributed by atoms with Crippen LogP contribution in [0.1, 0.15) is 20.8 Å². The first kappa shape index (κ1) is 16.7. The summed E-state index contributed by atoms with van der Waals surface area (Å²) >= 11 is 1.78. The summed E-state index contributed by atoms with van der Waals surface area (Å²) in [4.78, 5) is 2.47. The van der Waals surface area contributed by atoms with E-state index in [0.29, 0.717) is 0 Å². The van der Waals surface area contributed by atoms with Crippen LogP contribution >= 0.6 is 11.8 Å². The highest BCUT2D eigenvalue weighted by atomic mass is 32.2. The lowest BCUT2D eigenvalue weighted by atomic mass is 10.1. The maximum Gasteiger partial charge on any atom is 0.120 e. The Labute approximate surface area is 148 Å². The molecule has 3 aromatic carbocycles. The fourth-order valence-corrected chi connectivity index (χ4v) is 3.44. The zero-order valence-corrected chi connectivity index (χ0v) is 15.1. The molecule has 122 valence electrons. The van der Waals surface area contributed by atoms with E-state index in [9.17, 15) is 0 Å². The third-order valence-electron chi connectivity index (χ3n) is 3.45. The molecule has 0 saturated heterocycles. The van der Waals surface area contributed by atoms with E-state index in [1.54, 1.807) is 11.8 Å². The highest BCUT2D eigenvalue weighted by Gasteiger charge is 2.12. The molecule has 0 heterocycles. The molecule has 0 fully saturated rings. The molecule has 0 aliphatic heterocycles. The van der Waals surface area contributed by atoms with Crippen molar-refractivity contribution >= 4 is 11.8 Å². The van der Waals surface area contributed by atoms with Crippen molar-refractivity contribution in [3.63, 3.8) is 0 Å². The minimum atomic E-state index is -0.172. The average Bonchev–Trinajstić information content (AvgIpc) is 2.57. The molecule has 2 heteroatoms. The predicted octanol–water partition coefficient (Wildman–Crippen LogP) is 6.68. The van der Waals surface area contributed by atoms with Crippen LogP contribution in [0.3, 0.4) is 0 Å². The van der Waals surface area contributed by atoms with Crippen LogP contribution in [0.2, 0.25) is 0 Å². The zero-order valence-electron chi connectivity index (χ0n) is 14.3. The second-order valence-electron chi connectivity index (χ2n) is 6.65. The van der Waals surface area contributed by atoms with Gasteiger partial charge in [-0.2, -0.15) is 0 Å². The van der Waals surface area contributed by atoms with E-state index in [-0.39, 0.29) is 5.60 Å². The summed E-state index contributed by atoms with van der Waals surface area (Å²) in [6.07, 6.45) is 0. The lowest BCUT2D eigenvalue weighted by Gasteiger charge is -2.21. The summed E-state index contributed by atoms with van der Waals surface area (Å²) < 4.78 is 5.89. The lowest BCUT2D eigenvalue weighted by Crippen LogP contribution is -2.22. The first-order chi connectivity index (χ1) is 11.5. The largest absolute Gasteiger partial charge is 0.488 e. The standard InChI is InChI=1S/C22H22OS/c1-22(2,3)23-18-13-15-19(16-14-18)24-21-12-8-7-11-20(21)17-9-5-4-6-10-17/h4-16H,1-3H3. The number of hydrogen-bond acceptors (Lipinski definition) is 2. The van der Waals surface area contributed by atoms with Crippen molar-refractivity contribution in [3.05, 3.63) is 78.9 Å². The minimum absolute atomic E-state index is 0.172. The monoisotopic (exact) mass is 334 g/mol. The fraction of sp³-hybridized carbons (Fsp3) is 0.182. The van der Waals surface area contributed by atoms with E-state index in [4.69, 9.17) is 4.74 Å². The molecule has 0 spiro atoms. The van der Waals surface area contributed by atoms with E-state index < -0.39 is 0 Å². The second kappa shape index (κ2) is 7.14. The average molecular weight is 334 g/mol. The van der Waals surface area contributed by atoms with Crippen LogP contribution in [0.4, 0.5) is 0 Å². The molecular weight excluding hydrogens is 312 g/mol.